The van der Waals surface area contributed by atoms with Crippen molar-refractivity contribution in [1.82, 2.24) is 0 Å². The third-order valence-electron chi connectivity index (χ3n) is 17.9. The van der Waals surface area contributed by atoms with Crippen LogP contribution in [0.3, 0.4) is 0 Å². The minimum absolute atomic E-state index is 0.221. The van der Waals surface area contributed by atoms with Crippen molar-refractivity contribution < 1.29 is 183 Å². The number of hydrogen-bond acceptors (Lipinski definition) is 17. The van der Waals surface area contributed by atoms with E-state index in [1.165, 1.54) is 60.8 Å². The van der Waals surface area contributed by atoms with Crippen LogP contribution in [0.25, 0.3) is 0 Å². The lowest BCUT2D eigenvalue weighted by Crippen LogP contribution is -3.34. The van der Waals surface area contributed by atoms with E-state index in [2.05, 4.69) is 123 Å². The topological polar surface area (TPSA) is 275 Å². The van der Waals surface area contributed by atoms with E-state index in [0.29, 0.717) is 66.8 Å². The van der Waals surface area contributed by atoms with Crippen LogP contribution in [0.15, 0.2) is 240 Å². The number of rotatable bonds is 28. The molecule has 10 aromatic rings. The second-order valence-electron chi connectivity index (χ2n) is 28.1. The van der Waals surface area contributed by atoms with Gasteiger partial charge in [0.15, 0.2) is 31.7 Å². The van der Waals surface area contributed by atoms with Crippen LogP contribution in [0.5, 0.6) is 28.7 Å². The first-order chi connectivity index (χ1) is 55.9. The summed E-state index contributed by atoms with van der Waals surface area (Å²) in [6.07, 6.45) is 5.33. The van der Waals surface area contributed by atoms with E-state index in [1.54, 1.807) is 31.4 Å². The van der Waals surface area contributed by atoms with Crippen LogP contribution in [-0.2, 0) is 59.1 Å². The second-order valence-corrected chi connectivity index (χ2v) is 39.2. The Morgan fingerprint density at radius 2 is 0.655 bits per heavy atom. The van der Waals surface area contributed by atoms with Crippen LogP contribution in [0.2, 0.25) is 0 Å². The largest absolute Gasteiger partial charge is 0.748 e. The molecule has 0 heterocycles. The van der Waals surface area contributed by atoms with Gasteiger partial charge < -0.3 is 41.9 Å². The Hall–Kier alpha value is -6.52. The van der Waals surface area contributed by atoms with Crippen molar-refractivity contribution in [1.29, 1.82) is 0 Å². The highest BCUT2D eigenvalue weighted by atomic mass is 127. The third-order valence-corrected chi connectivity index (χ3v) is 24.3. The standard InChI is InChI=1S/C17H16F4O4S.C17H20O4S.C14H22O4S.C13H20O4S.C10H14I.C7H8IO.2C6H6I/c1-3-9(2)11-6-4-10(5-7-11)8-25-16-12(18)14(20)17(26(22,23)24)15(21)13(16)19;1-3-13(2)15-6-4-14(5-7-15)12-21-16-8-10-17(11-9-16)22(18,19)20;1-3-12(2)13-6-8-14(9-7-13)18-10-4-5-11-19(15,16)17;1-3-11(2)12-5-7-13(8-6-12)17-9-4-10-18(14,15)16;1-10(2,3)8-4-6-9(11)7-5-8;1-9-7-4-2-6(8)3-5-7;2*7-6-4-2-1-3-5-6/h4-7,9H,3,8H2,1-2H3,(H,22,23,24);4-11,13H,3,12H2,1-2H3,(H,18,19,20);6-9,12H,3-5,10-11H2,1-2H3,(H,15,16,17);5-8,11H,3-4,9-10H2,1-2H3,(H,14,15,16);4-7,11H,1-3H3;2-5,8H,1H3;2*1-5,7H/q;;;;4*+1/p-4. The predicted octanol–water partition coefficient (Wildman–Crippen LogP) is 7.21. The van der Waals surface area contributed by atoms with Gasteiger partial charge in [0.1, 0.15) is 61.3 Å². The fourth-order valence-corrected chi connectivity index (χ4v) is 13.7. The van der Waals surface area contributed by atoms with Crippen molar-refractivity contribution in [2.45, 2.75) is 173 Å². The SMILES string of the molecule is CC(C)(C)c1ccc([IH+])cc1.CCC(C)c1ccc(COc2c(F)c(F)c(S(=O)(=O)[O-])c(F)c2F)cc1.CCC(C)c1ccc(COc2ccc(S(=O)(=O)[O-])cc2)cc1.CCC(C)c1ccc(OCCCCS(=O)(=O)[O-])cc1.CCC(C)c1ccc(OCCCS(=O)(=O)[O-])cc1.COc1ccc([IH+])cc1.[IH+]c1ccccc1.[IH+]c1ccccc1. The zero-order valence-electron chi connectivity index (χ0n) is 68.7. The van der Waals surface area contributed by atoms with Crippen LogP contribution >= 0.6 is 0 Å². The molecule has 0 saturated heterocycles. The lowest BCUT2D eigenvalue weighted by molar-refractivity contribution is -0.328. The molecule has 0 saturated carbocycles. The second kappa shape index (κ2) is 54.9. The van der Waals surface area contributed by atoms with Crippen molar-refractivity contribution >= 4 is 40.5 Å². The summed E-state index contributed by atoms with van der Waals surface area (Å²) in [7, 11) is -16.7. The molecule has 4 unspecified atom stereocenters. The summed E-state index contributed by atoms with van der Waals surface area (Å²) in [6.45, 7) is 24.4. The normalized spacial score (nSPS) is 12.1. The number of halogens is 8. The molecule has 0 aliphatic carbocycles. The molecular formula is C90H108F4I4O17S4. The van der Waals surface area contributed by atoms with Crippen molar-refractivity contribution in [3.63, 3.8) is 0 Å². The Morgan fingerprint density at radius 1 is 0.353 bits per heavy atom. The van der Waals surface area contributed by atoms with E-state index < -0.39 is 81.0 Å². The van der Waals surface area contributed by atoms with E-state index in [0.717, 1.165) is 48.3 Å². The molecule has 4 atom stereocenters. The Labute approximate surface area is 757 Å². The molecule has 29 heteroatoms. The molecule has 650 valence electrons. The van der Waals surface area contributed by atoms with Gasteiger partial charge in [0, 0.05) is 11.5 Å². The fourth-order valence-electron chi connectivity index (χ4n) is 9.94. The minimum atomic E-state index is -5.74. The van der Waals surface area contributed by atoms with Gasteiger partial charge in [-0.05, 0) is 222 Å². The van der Waals surface area contributed by atoms with Gasteiger partial charge >= 0.3 is 0 Å². The molecular weight excluding hydrogens is 2060 g/mol. The minimum Gasteiger partial charge on any atom is -0.748 e. The van der Waals surface area contributed by atoms with Gasteiger partial charge in [-0.3, -0.25) is 0 Å². The highest BCUT2D eigenvalue weighted by Gasteiger charge is 2.30. The molecule has 10 rings (SSSR count). The Morgan fingerprint density at radius 3 is 0.966 bits per heavy atom. The molecule has 0 aliphatic heterocycles. The zero-order valence-corrected chi connectivity index (χ0v) is 81.2. The van der Waals surface area contributed by atoms with Gasteiger partial charge in [-0.25, -0.2) is 42.5 Å². The quantitative estimate of drug-likeness (QED) is 0.0154. The number of benzene rings is 10. The highest BCUT2D eigenvalue weighted by Crippen LogP contribution is 2.34. The molecule has 10 aromatic carbocycles. The third kappa shape index (κ3) is 43.9. The molecule has 0 aliphatic rings. The van der Waals surface area contributed by atoms with Gasteiger partial charge in [-0.15, -0.1) is 0 Å². The van der Waals surface area contributed by atoms with E-state index >= 15 is 0 Å². The maximum absolute atomic E-state index is 13.8. The summed E-state index contributed by atoms with van der Waals surface area (Å²) >= 11 is 8.07. The summed E-state index contributed by atoms with van der Waals surface area (Å²) in [4.78, 5) is -2.46. The lowest BCUT2D eigenvalue weighted by atomic mass is 9.87. The van der Waals surface area contributed by atoms with Gasteiger partial charge in [0.25, 0.3) is 90.4 Å². The first-order valence-corrected chi connectivity index (χ1v) is 48.7. The Kier molecular flexibility index (Phi) is 49.2. The maximum Gasteiger partial charge on any atom is 0.296 e. The molecule has 0 amide bonds. The van der Waals surface area contributed by atoms with Crippen LogP contribution in [0.4, 0.5) is 17.6 Å². The van der Waals surface area contributed by atoms with E-state index in [-0.39, 0.29) is 34.8 Å². The monoisotopic (exact) mass is 2170 g/mol. The lowest BCUT2D eigenvalue weighted by Gasteiger charge is -2.17. The average molecular weight is 2170 g/mol. The Bertz CT molecular complexity index is 4960. The van der Waals surface area contributed by atoms with Crippen molar-refractivity contribution in [2.24, 2.45) is 0 Å². The number of methoxy groups -OCH3 is 1. The number of unbranched alkanes of at least 4 members (excludes halogenated alkanes) is 1. The van der Waals surface area contributed by atoms with Gasteiger partial charge in [0.2, 0.25) is 11.6 Å². The van der Waals surface area contributed by atoms with Gasteiger partial charge in [-0.2, -0.15) is 8.78 Å². The molecule has 0 bridgehead atoms. The summed E-state index contributed by atoms with van der Waals surface area (Å²) < 4.78 is 214. The first-order valence-electron chi connectivity index (χ1n) is 38.1. The predicted molar refractivity (Wildman–Crippen MR) is 443 cm³/mol. The van der Waals surface area contributed by atoms with E-state index in [4.69, 9.17) is 23.7 Å². The van der Waals surface area contributed by atoms with Crippen molar-refractivity contribution in [3.05, 3.63) is 307 Å². The van der Waals surface area contributed by atoms with Crippen molar-refractivity contribution in [2.75, 3.05) is 31.8 Å². The van der Waals surface area contributed by atoms with E-state index in [9.17, 15) is 69.4 Å². The summed E-state index contributed by atoms with van der Waals surface area (Å²) in [5.41, 5.74) is 8.08. The molecule has 0 fully saturated rings. The molecule has 119 heavy (non-hydrogen) atoms. The smallest absolute Gasteiger partial charge is 0.296 e. The van der Waals surface area contributed by atoms with E-state index in [1.807, 2.05) is 226 Å². The molecule has 0 spiro atoms. The number of ether oxygens (including phenoxy) is 5. The van der Waals surface area contributed by atoms with Gasteiger partial charge in [-0.1, -0.05) is 197 Å². The van der Waals surface area contributed by atoms with Crippen LogP contribution in [0, 0.1) is 37.5 Å². The molecule has 0 aromatic heterocycles. The molecule has 0 N–H and O–H groups in total. The van der Waals surface area contributed by atoms with Crippen molar-refractivity contribution in [3.8, 4) is 28.7 Å². The average Bonchev–Trinajstić information content (AvgIpc) is 0.769. The van der Waals surface area contributed by atoms with Gasteiger partial charge in [0.05, 0.1) is 45.5 Å². The summed E-state index contributed by atoms with van der Waals surface area (Å²) in [6, 6.07) is 73.5. The highest BCUT2D eigenvalue weighted by molar-refractivity contribution is 7.86. The fraction of sp³-hybridized carbons (Fsp3) is 0.333. The molecule has 0 radical (unpaired) electrons. The van der Waals surface area contributed by atoms with Crippen LogP contribution < -0.4 is 114 Å². The molecule has 17 nitrogen and oxygen atoms in total. The van der Waals surface area contributed by atoms with Crippen LogP contribution in [0.1, 0.15) is 184 Å². The number of hydrogen-bond donors (Lipinski definition) is 0. The van der Waals surface area contributed by atoms with Crippen LogP contribution in [-0.4, -0.2) is 83.7 Å². The maximum atomic E-state index is 13.8. The Balaban J connectivity index is 0.000000364. The first kappa shape index (κ1) is 107. The zero-order chi connectivity index (χ0) is 89.1. The summed E-state index contributed by atoms with van der Waals surface area (Å²) in [5.74, 6) is -6.11. The summed E-state index contributed by atoms with van der Waals surface area (Å²) in [5, 5.41) is 0.